The van der Waals surface area contributed by atoms with Crippen LogP contribution in [0.2, 0.25) is 5.02 Å². The fourth-order valence-electron chi connectivity index (χ4n) is 2.49. The zero-order valence-electron chi connectivity index (χ0n) is 10.1. The molecule has 1 aromatic rings. The summed E-state index contributed by atoms with van der Waals surface area (Å²) in [5, 5.41) is 4.33. The van der Waals surface area contributed by atoms with Crippen molar-refractivity contribution in [1.82, 2.24) is 5.32 Å². The Hall–Kier alpha value is -0.730. The van der Waals surface area contributed by atoms with E-state index in [1.807, 2.05) is 6.92 Å². The highest BCUT2D eigenvalue weighted by atomic mass is 35.5. The quantitative estimate of drug-likeness (QED) is 0.854. The summed E-state index contributed by atoms with van der Waals surface area (Å²) in [6.45, 7) is 5.19. The lowest BCUT2D eigenvalue weighted by Crippen LogP contribution is -2.15. The molecule has 0 spiro atoms. The standard InChI is InChI=1S/C13H18ClNO/c1-8-7-9(2)13(16-3)11(12(8)14)10-5-4-6-15-10/h7,10,15H,4-6H2,1-3H3. The summed E-state index contributed by atoms with van der Waals surface area (Å²) in [4.78, 5) is 0. The van der Waals surface area contributed by atoms with Crippen LogP contribution in [0.25, 0.3) is 0 Å². The van der Waals surface area contributed by atoms with Crippen LogP contribution in [-0.2, 0) is 0 Å². The van der Waals surface area contributed by atoms with Gasteiger partial charge in [0.05, 0.1) is 12.1 Å². The lowest BCUT2D eigenvalue weighted by molar-refractivity contribution is 0.400. The van der Waals surface area contributed by atoms with Crippen LogP contribution < -0.4 is 10.1 Å². The van der Waals surface area contributed by atoms with Crippen LogP contribution in [0, 0.1) is 13.8 Å². The van der Waals surface area contributed by atoms with Gasteiger partial charge in [-0.15, -0.1) is 0 Å². The number of benzene rings is 1. The molecule has 2 rings (SSSR count). The minimum atomic E-state index is 0.348. The predicted molar refractivity (Wildman–Crippen MR) is 67.5 cm³/mol. The summed E-state index contributed by atoms with van der Waals surface area (Å²) in [5.41, 5.74) is 3.43. The van der Waals surface area contributed by atoms with Gasteiger partial charge in [-0.25, -0.2) is 0 Å². The number of ether oxygens (including phenoxy) is 1. The molecule has 1 atom stereocenters. The zero-order chi connectivity index (χ0) is 11.7. The van der Waals surface area contributed by atoms with Crippen LogP contribution in [0.1, 0.15) is 35.6 Å². The van der Waals surface area contributed by atoms with Crippen molar-refractivity contribution in [3.63, 3.8) is 0 Å². The van der Waals surface area contributed by atoms with E-state index in [4.69, 9.17) is 16.3 Å². The van der Waals surface area contributed by atoms with Gasteiger partial charge < -0.3 is 10.1 Å². The van der Waals surface area contributed by atoms with Crippen molar-refractivity contribution in [2.24, 2.45) is 0 Å². The highest BCUT2D eigenvalue weighted by Gasteiger charge is 2.24. The molecule has 0 radical (unpaired) electrons. The van der Waals surface area contributed by atoms with Gasteiger partial charge in [0.15, 0.2) is 0 Å². The molecule has 2 nitrogen and oxygen atoms in total. The normalized spacial score (nSPS) is 20.1. The number of aryl methyl sites for hydroxylation is 2. The van der Waals surface area contributed by atoms with Crippen molar-refractivity contribution < 1.29 is 4.74 Å². The molecular formula is C13H18ClNO. The molecule has 0 bridgehead atoms. The first-order valence-electron chi connectivity index (χ1n) is 5.72. The molecule has 0 aliphatic carbocycles. The van der Waals surface area contributed by atoms with E-state index in [9.17, 15) is 0 Å². The van der Waals surface area contributed by atoms with Gasteiger partial charge in [0, 0.05) is 11.6 Å². The lowest BCUT2D eigenvalue weighted by Gasteiger charge is -2.20. The first-order valence-corrected chi connectivity index (χ1v) is 6.10. The van der Waals surface area contributed by atoms with Crippen LogP contribution >= 0.6 is 11.6 Å². The molecule has 0 amide bonds. The van der Waals surface area contributed by atoms with Crippen molar-refractivity contribution in [3.05, 3.63) is 27.8 Å². The van der Waals surface area contributed by atoms with Crippen LogP contribution in [0.4, 0.5) is 0 Å². The minimum Gasteiger partial charge on any atom is -0.496 e. The molecule has 0 saturated carbocycles. The molecule has 16 heavy (non-hydrogen) atoms. The Morgan fingerprint density at radius 3 is 2.69 bits per heavy atom. The van der Waals surface area contributed by atoms with Gasteiger partial charge in [0.1, 0.15) is 5.75 Å². The molecule has 1 aromatic carbocycles. The Bertz CT molecular complexity index is 397. The summed E-state index contributed by atoms with van der Waals surface area (Å²) in [6.07, 6.45) is 2.34. The van der Waals surface area contributed by atoms with E-state index in [0.717, 1.165) is 40.4 Å². The van der Waals surface area contributed by atoms with E-state index in [1.54, 1.807) is 7.11 Å². The third-order valence-corrected chi connectivity index (χ3v) is 3.73. The maximum absolute atomic E-state index is 6.41. The Morgan fingerprint density at radius 1 is 1.38 bits per heavy atom. The van der Waals surface area contributed by atoms with E-state index < -0.39 is 0 Å². The molecule has 1 saturated heterocycles. The summed E-state index contributed by atoms with van der Waals surface area (Å²) in [6, 6.07) is 2.43. The second-order valence-corrected chi connectivity index (χ2v) is 4.80. The van der Waals surface area contributed by atoms with E-state index in [2.05, 4.69) is 18.3 Å². The van der Waals surface area contributed by atoms with E-state index >= 15 is 0 Å². The Balaban J connectivity index is 2.54. The molecule has 1 fully saturated rings. The molecule has 0 aromatic heterocycles. The zero-order valence-corrected chi connectivity index (χ0v) is 10.8. The van der Waals surface area contributed by atoms with Crippen molar-refractivity contribution >= 4 is 11.6 Å². The highest BCUT2D eigenvalue weighted by Crippen LogP contribution is 2.40. The SMILES string of the molecule is COc1c(C)cc(C)c(Cl)c1C1CCCN1. The van der Waals surface area contributed by atoms with Gasteiger partial charge in [-0.05, 0) is 44.4 Å². The Kier molecular flexibility index (Phi) is 3.41. The smallest absolute Gasteiger partial charge is 0.128 e. The van der Waals surface area contributed by atoms with Gasteiger partial charge in [-0.3, -0.25) is 0 Å². The summed E-state index contributed by atoms with van der Waals surface area (Å²) < 4.78 is 5.50. The second kappa shape index (κ2) is 4.64. The first kappa shape index (κ1) is 11.7. The van der Waals surface area contributed by atoms with Crippen LogP contribution in [0.15, 0.2) is 6.07 Å². The van der Waals surface area contributed by atoms with Gasteiger partial charge in [-0.1, -0.05) is 17.7 Å². The third-order valence-electron chi connectivity index (χ3n) is 3.23. The highest BCUT2D eigenvalue weighted by molar-refractivity contribution is 6.32. The molecule has 1 heterocycles. The average Bonchev–Trinajstić information content (AvgIpc) is 2.76. The second-order valence-electron chi connectivity index (χ2n) is 4.42. The molecule has 88 valence electrons. The maximum Gasteiger partial charge on any atom is 0.128 e. The van der Waals surface area contributed by atoms with Gasteiger partial charge in [0.2, 0.25) is 0 Å². The number of rotatable bonds is 2. The molecule has 1 unspecified atom stereocenters. The van der Waals surface area contributed by atoms with E-state index in [-0.39, 0.29) is 0 Å². The molecule has 3 heteroatoms. The van der Waals surface area contributed by atoms with E-state index in [0.29, 0.717) is 6.04 Å². The Labute approximate surface area is 102 Å². The van der Waals surface area contributed by atoms with Crippen molar-refractivity contribution in [1.29, 1.82) is 0 Å². The summed E-state index contributed by atoms with van der Waals surface area (Å²) in [5.74, 6) is 0.940. The molecule has 1 aliphatic rings. The summed E-state index contributed by atoms with van der Waals surface area (Å²) >= 11 is 6.41. The molecular weight excluding hydrogens is 222 g/mol. The topological polar surface area (TPSA) is 21.3 Å². The molecule has 1 N–H and O–H groups in total. The van der Waals surface area contributed by atoms with Gasteiger partial charge in [0.25, 0.3) is 0 Å². The van der Waals surface area contributed by atoms with Gasteiger partial charge >= 0.3 is 0 Å². The van der Waals surface area contributed by atoms with Crippen LogP contribution in [0.5, 0.6) is 5.75 Å². The number of hydrogen-bond acceptors (Lipinski definition) is 2. The largest absolute Gasteiger partial charge is 0.496 e. The number of hydrogen-bond donors (Lipinski definition) is 1. The fraction of sp³-hybridized carbons (Fsp3) is 0.538. The van der Waals surface area contributed by atoms with Crippen molar-refractivity contribution in [2.45, 2.75) is 32.7 Å². The number of methoxy groups -OCH3 is 1. The van der Waals surface area contributed by atoms with Crippen LogP contribution in [-0.4, -0.2) is 13.7 Å². The van der Waals surface area contributed by atoms with Crippen molar-refractivity contribution in [2.75, 3.05) is 13.7 Å². The van der Waals surface area contributed by atoms with Crippen LogP contribution in [0.3, 0.4) is 0 Å². The van der Waals surface area contributed by atoms with Gasteiger partial charge in [-0.2, -0.15) is 0 Å². The minimum absolute atomic E-state index is 0.348. The third kappa shape index (κ3) is 1.92. The fourth-order valence-corrected chi connectivity index (χ4v) is 2.76. The predicted octanol–water partition coefficient (Wildman–Crippen LogP) is 3.39. The van der Waals surface area contributed by atoms with E-state index in [1.165, 1.54) is 6.42 Å². The summed E-state index contributed by atoms with van der Waals surface area (Å²) in [7, 11) is 1.71. The lowest BCUT2D eigenvalue weighted by atomic mass is 9.98. The monoisotopic (exact) mass is 239 g/mol. The maximum atomic E-state index is 6.41. The van der Waals surface area contributed by atoms with Crippen molar-refractivity contribution in [3.8, 4) is 5.75 Å². The molecule has 1 aliphatic heterocycles. The number of nitrogens with one attached hydrogen (secondary N) is 1. The first-order chi connectivity index (χ1) is 7.65. The Morgan fingerprint density at radius 2 is 2.12 bits per heavy atom. The average molecular weight is 240 g/mol. The number of halogens is 1.